The largest absolute Gasteiger partial charge is 0.309 e. The molecule has 1 amide bonds. The zero-order chi connectivity index (χ0) is 16.6. The van der Waals surface area contributed by atoms with E-state index in [1.807, 2.05) is 27.8 Å². The molecule has 2 heterocycles. The number of fused-ring (bicyclic) bond motifs is 1. The summed E-state index contributed by atoms with van der Waals surface area (Å²) in [4.78, 5) is 14.9. The van der Waals surface area contributed by atoms with Crippen molar-refractivity contribution in [2.45, 2.75) is 39.8 Å². The van der Waals surface area contributed by atoms with E-state index in [0.717, 1.165) is 36.6 Å². The van der Waals surface area contributed by atoms with E-state index in [4.69, 9.17) is 0 Å². The van der Waals surface area contributed by atoms with Gasteiger partial charge in [0, 0.05) is 25.7 Å². The normalized spacial score (nSPS) is 16.0. The molecule has 1 aliphatic rings. The molecule has 1 atom stereocenters. The minimum Gasteiger partial charge on any atom is -0.309 e. The van der Waals surface area contributed by atoms with Crippen molar-refractivity contribution < 1.29 is 4.79 Å². The molecule has 2 aromatic rings. The van der Waals surface area contributed by atoms with Crippen molar-refractivity contribution in [3.63, 3.8) is 0 Å². The van der Waals surface area contributed by atoms with Crippen LogP contribution in [0.15, 0.2) is 24.3 Å². The summed E-state index contributed by atoms with van der Waals surface area (Å²) < 4.78 is 1.74. The Morgan fingerprint density at radius 1 is 1.26 bits per heavy atom. The molecule has 0 unspecified atom stereocenters. The smallest absolute Gasteiger partial charge is 0.242 e. The van der Waals surface area contributed by atoms with E-state index in [0.29, 0.717) is 0 Å². The number of carbonyl (C=O) groups is 1. The van der Waals surface area contributed by atoms with E-state index in [9.17, 15) is 4.79 Å². The van der Waals surface area contributed by atoms with E-state index in [1.165, 1.54) is 11.1 Å². The fraction of sp³-hybridized carbons (Fsp3) is 0.444. The lowest BCUT2D eigenvalue weighted by atomic mass is 9.99. The van der Waals surface area contributed by atoms with Crippen molar-refractivity contribution in [2.75, 3.05) is 11.9 Å². The molecule has 0 bridgehead atoms. The number of benzene rings is 1. The monoisotopic (exact) mass is 312 g/mol. The van der Waals surface area contributed by atoms with Gasteiger partial charge in [0.2, 0.25) is 5.91 Å². The van der Waals surface area contributed by atoms with Crippen molar-refractivity contribution in [1.82, 2.24) is 14.7 Å². The zero-order valence-electron chi connectivity index (χ0n) is 14.3. The maximum Gasteiger partial charge on any atom is 0.242 e. The molecule has 23 heavy (non-hydrogen) atoms. The number of nitrogens with one attached hydrogen (secondary N) is 1. The Balaban J connectivity index is 1.71. The molecular formula is C18H24N4O. The first-order valence-electron chi connectivity index (χ1n) is 8.09. The summed E-state index contributed by atoms with van der Waals surface area (Å²) in [6.45, 7) is 7.65. The molecule has 1 N–H and O–H groups in total. The van der Waals surface area contributed by atoms with Crippen LogP contribution in [0.5, 0.6) is 0 Å². The minimum atomic E-state index is -0.169. The highest BCUT2D eigenvalue weighted by molar-refractivity contribution is 5.94. The van der Waals surface area contributed by atoms with Crippen molar-refractivity contribution in [3.05, 3.63) is 46.6 Å². The average Bonchev–Trinajstić information content (AvgIpc) is 2.80. The number of rotatable bonds is 3. The topological polar surface area (TPSA) is 50.2 Å². The van der Waals surface area contributed by atoms with Gasteiger partial charge >= 0.3 is 0 Å². The molecule has 5 nitrogen and oxygen atoms in total. The molecule has 1 aromatic heterocycles. The maximum atomic E-state index is 12.6. The van der Waals surface area contributed by atoms with Gasteiger partial charge in [-0.05, 0) is 38.3 Å². The van der Waals surface area contributed by atoms with E-state index >= 15 is 0 Å². The predicted molar refractivity (Wildman–Crippen MR) is 91.3 cm³/mol. The Bertz CT molecular complexity index is 735. The van der Waals surface area contributed by atoms with E-state index in [1.54, 1.807) is 4.68 Å². The number of anilines is 1. The summed E-state index contributed by atoms with van der Waals surface area (Å²) >= 11 is 0. The molecule has 0 saturated carbocycles. The Hall–Kier alpha value is -2.14. The first-order valence-corrected chi connectivity index (χ1v) is 8.09. The molecule has 3 rings (SSSR count). The van der Waals surface area contributed by atoms with Crippen molar-refractivity contribution in [1.29, 1.82) is 0 Å². The summed E-state index contributed by atoms with van der Waals surface area (Å²) in [5, 5.41) is 7.39. The second kappa shape index (κ2) is 6.16. The van der Waals surface area contributed by atoms with Gasteiger partial charge in [-0.2, -0.15) is 5.10 Å². The number of hydrogen-bond donors (Lipinski definition) is 1. The Kier molecular flexibility index (Phi) is 4.22. The molecule has 1 aromatic carbocycles. The summed E-state index contributed by atoms with van der Waals surface area (Å²) in [6, 6.07) is 8.31. The van der Waals surface area contributed by atoms with Crippen LogP contribution in [0.1, 0.15) is 29.3 Å². The molecule has 0 saturated heterocycles. The number of nitrogens with zero attached hydrogens (tertiary/aromatic N) is 3. The first-order chi connectivity index (χ1) is 11.0. The van der Waals surface area contributed by atoms with Gasteiger partial charge < -0.3 is 5.32 Å². The summed E-state index contributed by atoms with van der Waals surface area (Å²) in [5.41, 5.74) is 4.69. The van der Waals surface area contributed by atoms with Crippen molar-refractivity contribution in [3.8, 4) is 0 Å². The predicted octanol–water partition coefficient (Wildman–Crippen LogP) is 2.42. The van der Waals surface area contributed by atoms with Gasteiger partial charge in [-0.3, -0.25) is 14.4 Å². The third-order valence-corrected chi connectivity index (χ3v) is 4.85. The first kappa shape index (κ1) is 15.7. The molecular weight excluding hydrogens is 288 g/mol. The van der Waals surface area contributed by atoms with Crippen LogP contribution in [0, 0.1) is 13.8 Å². The van der Waals surface area contributed by atoms with Gasteiger partial charge in [0.15, 0.2) is 0 Å². The SMILES string of the molecule is Cc1nn(C)c(NC(=O)[C@@H](C)N2CCc3ccccc3C2)c1C. The van der Waals surface area contributed by atoms with Crippen LogP contribution in [0.3, 0.4) is 0 Å². The van der Waals surface area contributed by atoms with Crippen molar-refractivity contribution >= 4 is 11.7 Å². The number of amides is 1. The number of aryl methyl sites for hydroxylation is 2. The van der Waals surface area contributed by atoms with Gasteiger partial charge in [-0.15, -0.1) is 0 Å². The second-order valence-electron chi connectivity index (χ2n) is 6.34. The summed E-state index contributed by atoms with van der Waals surface area (Å²) in [7, 11) is 1.86. The summed E-state index contributed by atoms with van der Waals surface area (Å²) in [6.07, 6.45) is 0.998. The third-order valence-electron chi connectivity index (χ3n) is 4.85. The lowest BCUT2D eigenvalue weighted by Gasteiger charge is -2.32. The minimum absolute atomic E-state index is 0.0236. The molecule has 0 aliphatic carbocycles. The van der Waals surface area contributed by atoms with Gasteiger partial charge in [0.05, 0.1) is 11.7 Å². The zero-order valence-corrected chi connectivity index (χ0v) is 14.3. The van der Waals surface area contributed by atoms with Crippen LogP contribution in [0.4, 0.5) is 5.82 Å². The van der Waals surface area contributed by atoms with Gasteiger partial charge in [0.1, 0.15) is 5.82 Å². The van der Waals surface area contributed by atoms with Crippen LogP contribution < -0.4 is 5.32 Å². The molecule has 122 valence electrons. The number of aromatic nitrogens is 2. The Morgan fingerprint density at radius 3 is 2.61 bits per heavy atom. The molecule has 0 fully saturated rings. The lowest BCUT2D eigenvalue weighted by molar-refractivity contribution is -0.121. The lowest BCUT2D eigenvalue weighted by Crippen LogP contribution is -2.44. The van der Waals surface area contributed by atoms with Crippen LogP contribution >= 0.6 is 0 Å². The van der Waals surface area contributed by atoms with Crippen LogP contribution in [-0.2, 0) is 24.8 Å². The number of carbonyl (C=O) groups excluding carboxylic acids is 1. The Labute approximate surface area is 137 Å². The standard InChI is InChI=1S/C18H24N4O/c1-12-13(2)20-21(4)17(12)19-18(23)14(3)22-10-9-15-7-5-6-8-16(15)11-22/h5-8,14H,9-11H2,1-4H3,(H,19,23)/t14-/m1/s1. The molecule has 0 spiro atoms. The van der Waals surface area contributed by atoms with Gasteiger partial charge in [-0.25, -0.2) is 0 Å². The molecule has 5 heteroatoms. The highest BCUT2D eigenvalue weighted by Gasteiger charge is 2.26. The van der Waals surface area contributed by atoms with Crippen LogP contribution in [0.25, 0.3) is 0 Å². The van der Waals surface area contributed by atoms with Crippen LogP contribution in [0.2, 0.25) is 0 Å². The fourth-order valence-corrected chi connectivity index (χ4v) is 3.17. The fourth-order valence-electron chi connectivity index (χ4n) is 3.17. The van der Waals surface area contributed by atoms with Crippen LogP contribution in [-0.4, -0.2) is 33.2 Å². The highest BCUT2D eigenvalue weighted by Crippen LogP contribution is 2.22. The van der Waals surface area contributed by atoms with E-state index in [2.05, 4.69) is 39.6 Å². The molecule has 0 radical (unpaired) electrons. The quantitative estimate of drug-likeness (QED) is 0.947. The van der Waals surface area contributed by atoms with E-state index in [-0.39, 0.29) is 11.9 Å². The summed E-state index contributed by atoms with van der Waals surface area (Å²) in [5.74, 6) is 0.812. The van der Waals surface area contributed by atoms with E-state index < -0.39 is 0 Å². The van der Waals surface area contributed by atoms with Crippen molar-refractivity contribution in [2.24, 2.45) is 7.05 Å². The maximum absolute atomic E-state index is 12.6. The van der Waals surface area contributed by atoms with Gasteiger partial charge in [0.25, 0.3) is 0 Å². The third kappa shape index (κ3) is 3.01. The van der Waals surface area contributed by atoms with Gasteiger partial charge in [-0.1, -0.05) is 24.3 Å². The highest BCUT2D eigenvalue weighted by atomic mass is 16.2. The average molecular weight is 312 g/mol. The Morgan fingerprint density at radius 2 is 1.96 bits per heavy atom. The number of hydrogen-bond acceptors (Lipinski definition) is 3. The molecule has 1 aliphatic heterocycles. The second-order valence-corrected chi connectivity index (χ2v) is 6.34.